The quantitative estimate of drug-likeness (QED) is 0.0406. The summed E-state index contributed by atoms with van der Waals surface area (Å²) in [6, 6.07) is 56.3. The SMILES string of the molecule is CC(O)C(OCc1ccccc1)C(/C=C(/C=C/S(=O)(=O)CS(=O)(=O)/C=C1\OC(C)C(OCc2ccccc2)C(OCc2ccccc2)=C1OCc1ccccc1)OCc1ccccc1)OCc1ccccc1. The maximum Gasteiger partial charge on any atom is 0.203 e. The Bertz CT molecular complexity index is 2930. The Labute approximate surface area is 423 Å². The maximum absolute atomic E-state index is 14.2. The molecule has 72 heavy (non-hydrogen) atoms. The Morgan fingerprint density at radius 1 is 0.569 bits per heavy atom. The van der Waals surface area contributed by atoms with Crippen LogP contribution in [0.2, 0.25) is 0 Å². The fourth-order valence-corrected chi connectivity index (χ4v) is 10.8. The van der Waals surface area contributed by atoms with Gasteiger partial charge in [0.1, 0.15) is 43.9 Å². The monoisotopic (exact) mass is 1010 g/mol. The summed E-state index contributed by atoms with van der Waals surface area (Å²) < 4.78 is 101. The number of hydrogen-bond donors (Lipinski definition) is 1. The van der Waals surface area contributed by atoms with Gasteiger partial charge in [-0.05, 0) is 59.4 Å². The minimum Gasteiger partial charge on any atom is -0.489 e. The highest BCUT2D eigenvalue weighted by atomic mass is 32.3. The van der Waals surface area contributed by atoms with Gasteiger partial charge in [-0.15, -0.1) is 0 Å². The van der Waals surface area contributed by atoms with Gasteiger partial charge in [-0.3, -0.25) is 0 Å². The van der Waals surface area contributed by atoms with Crippen molar-refractivity contribution in [1.29, 1.82) is 0 Å². The zero-order chi connectivity index (χ0) is 50.6. The minimum atomic E-state index is -4.64. The fraction of sp³-hybridized carbons (Fsp3) is 0.241. The highest BCUT2D eigenvalue weighted by Crippen LogP contribution is 2.35. The van der Waals surface area contributed by atoms with E-state index in [0.29, 0.717) is 0 Å². The van der Waals surface area contributed by atoms with E-state index in [-0.39, 0.29) is 62.7 Å². The number of aliphatic hydroxyl groups is 1. The molecule has 6 aromatic rings. The van der Waals surface area contributed by atoms with Gasteiger partial charge in [0.15, 0.2) is 42.4 Å². The van der Waals surface area contributed by atoms with Gasteiger partial charge < -0.3 is 38.3 Å². The Morgan fingerprint density at radius 2 is 1.00 bits per heavy atom. The lowest BCUT2D eigenvalue weighted by atomic mass is 10.1. The van der Waals surface area contributed by atoms with Crippen molar-refractivity contribution in [1.82, 2.24) is 0 Å². The van der Waals surface area contributed by atoms with E-state index in [1.807, 2.05) is 182 Å². The van der Waals surface area contributed by atoms with E-state index in [4.69, 9.17) is 33.2 Å². The Kier molecular flexibility index (Phi) is 19.6. The van der Waals surface area contributed by atoms with Crippen LogP contribution < -0.4 is 0 Å². The molecule has 0 amide bonds. The molecule has 5 unspecified atom stereocenters. The van der Waals surface area contributed by atoms with Crippen molar-refractivity contribution in [3.63, 3.8) is 0 Å². The number of benzene rings is 6. The molecule has 14 heteroatoms. The van der Waals surface area contributed by atoms with Crippen molar-refractivity contribution in [3.05, 3.63) is 261 Å². The molecule has 1 aliphatic rings. The lowest BCUT2D eigenvalue weighted by molar-refractivity contribution is -0.112. The molecule has 7 rings (SSSR count). The van der Waals surface area contributed by atoms with E-state index in [1.165, 1.54) is 12.2 Å². The molecule has 1 N–H and O–H groups in total. The predicted molar refractivity (Wildman–Crippen MR) is 276 cm³/mol. The van der Waals surface area contributed by atoms with Crippen molar-refractivity contribution in [2.24, 2.45) is 0 Å². The number of aliphatic hydroxyl groups excluding tert-OH is 1. The van der Waals surface area contributed by atoms with Crippen LogP contribution in [0.3, 0.4) is 0 Å². The van der Waals surface area contributed by atoms with Crippen LogP contribution in [-0.4, -0.2) is 57.5 Å². The predicted octanol–water partition coefficient (Wildman–Crippen LogP) is 10.4. The molecule has 1 heterocycles. The average molecular weight is 1010 g/mol. The summed E-state index contributed by atoms with van der Waals surface area (Å²) in [5, 5.41) is 11.3. The molecule has 5 atom stereocenters. The topological polar surface area (TPSA) is 153 Å². The maximum atomic E-state index is 14.2. The second-order valence-electron chi connectivity index (χ2n) is 17.1. The molecule has 0 radical (unpaired) electrons. The van der Waals surface area contributed by atoms with E-state index in [9.17, 15) is 21.9 Å². The molecule has 0 aromatic heterocycles. The first-order chi connectivity index (χ1) is 34.9. The molecule has 376 valence electrons. The zero-order valence-electron chi connectivity index (χ0n) is 40.2. The van der Waals surface area contributed by atoms with Crippen LogP contribution in [0.15, 0.2) is 228 Å². The minimum absolute atomic E-state index is 0.00268. The van der Waals surface area contributed by atoms with E-state index >= 15 is 0 Å². The number of rotatable bonds is 26. The summed E-state index contributed by atoms with van der Waals surface area (Å²) in [6.07, 6.45) is -1.94. The highest BCUT2D eigenvalue weighted by Gasteiger charge is 2.39. The van der Waals surface area contributed by atoms with Gasteiger partial charge in [-0.1, -0.05) is 182 Å². The van der Waals surface area contributed by atoms with Gasteiger partial charge in [0.2, 0.25) is 5.76 Å². The second-order valence-corrected chi connectivity index (χ2v) is 21.2. The Morgan fingerprint density at radius 3 is 1.49 bits per heavy atom. The van der Waals surface area contributed by atoms with Crippen molar-refractivity contribution in [3.8, 4) is 0 Å². The van der Waals surface area contributed by atoms with Crippen molar-refractivity contribution < 1.29 is 55.1 Å². The largest absolute Gasteiger partial charge is 0.489 e. The first-order valence-electron chi connectivity index (χ1n) is 23.5. The third kappa shape index (κ3) is 16.9. The number of sulfone groups is 2. The zero-order valence-corrected chi connectivity index (χ0v) is 41.9. The smallest absolute Gasteiger partial charge is 0.203 e. The molecule has 0 fully saturated rings. The summed E-state index contributed by atoms with van der Waals surface area (Å²) in [7, 11) is -9.20. The van der Waals surface area contributed by atoms with Crippen LogP contribution in [0.1, 0.15) is 47.2 Å². The molecular weight excluding hydrogens is 953 g/mol. The van der Waals surface area contributed by atoms with Crippen LogP contribution >= 0.6 is 0 Å². The number of ether oxygens (including phenoxy) is 7. The summed E-state index contributed by atoms with van der Waals surface area (Å²) >= 11 is 0. The molecule has 0 saturated carbocycles. The summed E-state index contributed by atoms with van der Waals surface area (Å²) in [5.41, 5.74) is 4.98. The molecule has 12 nitrogen and oxygen atoms in total. The van der Waals surface area contributed by atoms with Crippen LogP contribution in [0.25, 0.3) is 0 Å². The van der Waals surface area contributed by atoms with Crippen LogP contribution in [0, 0.1) is 0 Å². The molecule has 0 spiro atoms. The van der Waals surface area contributed by atoms with Crippen LogP contribution in [0.4, 0.5) is 0 Å². The standard InChI is InChI=1S/C58H60O12S2/c1-44(59)55(66-38-48-25-13-5-14-26-48)53(65-37-47-23-11-4-12-24-47)35-52(64-36-46-21-9-3-10-22-46)33-34-71(60,61)43-72(62,63)42-54-57(68-40-50-29-17-7-18-30-50)58(69-41-51-31-19-8-20-32-51)56(45(2)70-54)67-39-49-27-15-6-16-28-49/h3-35,42,44-45,53,55-56,59H,36-41,43H2,1-2H3/b34-33+,52-35-,54-42-. The molecular formula is C58H60O12S2. The summed E-state index contributed by atoms with van der Waals surface area (Å²) in [4.78, 5) is 0. The summed E-state index contributed by atoms with van der Waals surface area (Å²) in [6.45, 7) is 3.84. The fourth-order valence-electron chi connectivity index (χ4n) is 7.56. The third-order valence-corrected chi connectivity index (χ3v) is 14.9. The van der Waals surface area contributed by atoms with Crippen molar-refractivity contribution >= 4 is 19.7 Å². The third-order valence-electron chi connectivity index (χ3n) is 11.2. The number of hydrogen-bond acceptors (Lipinski definition) is 12. The number of allylic oxidation sites excluding steroid dienone is 1. The van der Waals surface area contributed by atoms with Crippen LogP contribution in [0.5, 0.6) is 0 Å². The average Bonchev–Trinajstić information content (AvgIpc) is 3.38. The first-order valence-corrected chi connectivity index (χ1v) is 27.0. The molecule has 0 saturated heterocycles. The lowest BCUT2D eigenvalue weighted by Gasteiger charge is -2.34. The first kappa shape index (κ1) is 53.0. The van der Waals surface area contributed by atoms with Gasteiger partial charge in [0.25, 0.3) is 0 Å². The highest BCUT2D eigenvalue weighted by molar-refractivity contribution is 8.10. The van der Waals surface area contributed by atoms with Crippen molar-refractivity contribution in [2.75, 3.05) is 5.08 Å². The second kappa shape index (κ2) is 26.6. The lowest BCUT2D eigenvalue weighted by Crippen LogP contribution is -2.39. The molecule has 1 aliphatic heterocycles. The van der Waals surface area contributed by atoms with E-state index < -0.39 is 55.3 Å². The summed E-state index contributed by atoms with van der Waals surface area (Å²) in [5.74, 6) is -0.0852. The van der Waals surface area contributed by atoms with Gasteiger partial charge in [-0.2, -0.15) is 0 Å². The normalized spacial score (nSPS) is 17.3. The Hall–Kier alpha value is -6.78. The van der Waals surface area contributed by atoms with E-state index in [1.54, 1.807) is 13.8 Å². The van der Waals surface area contributed by atoms with Crippen molar-refractivity contribution in [2.45, 2.75) is 84.0 Å². The van der Waals surface area contributed by atoms with E-state index in [0.717, 1.165) is 44.2 Å². The van der Waals surface area contributed by atoms with E-state index in [2.05, 4.69) is 0 Å². The van der Waals surface area contributed by atoms with Gasteiger partial charge in [0.05, 0.1) is 31.3 Å². The van der Waals surface area contributed by atoms with Crippen LogP contribution in [-0.2, 0) is 92.5 Å². The molecule has 6 aromatic carbocycles. The molecule has 0 bridgehead atoms. The van der Waals surface area contributed by atoms with Gasteiger partial charge >= 0.3 is 0 Å². The molecule has 0 aliphatic carbocycles. The van der Waals surface area contributed by atoms with Gasteiger partial charge in [0, 0.05) is 5.41 Å². The Balaban J connectivity index is 1.21. The van der Waals surface area contributed by atoms with Gasteiger partial charge in [-0.25, -0.2) is 16.8 Å².